The summed E-state index contributed by atoms with van der Waals surface area (Å²) in [5.41, 5.74) is 1.03. The second-order valence-electron chi connectivity index (χ2n) is 7.90. The first-order chi connectivity index (χ1) is 14.1. The highest BCUT2D eigenvalue weighted by Gasteiger charge is 2.71. The molecule has 142 valence electrons. The van der Waals surface area contributed by atoms with Crippen LogP contribution in [-0.2, 0) is 19.9 Å². The van der Waals surface area contributed by atoms with Crippen molar-refractivity contribution in [3.8, 4) is 0 Å². The molecular formula is C23H18N3O3+. The van der Waals surface area contributed by atoms with E-state index in [0.717, 1.165) is 22.0 Å². The summed E-state index contributed by atoms with van der Waals surface area (Å²) in [5.74, 6) is -1.96. The molecule has 0 aliphatic carbocycles. The van der Waals surface area contributed by atoms with E-state index in [9.17, 15) is 14.4 Å². The fraction of sp³-hybridized carbons (Fsp3) is 0.174. The fourth-order valence-corrected chi connectivity index (χ4v) is 5.37. The Balaban J connectivity index is 1.52. The number of para-hydroxylation sites is 1. The Morgan fingerprint density at radius 3 is 2.55 bits per heavy atom. The van der Waals surface area contributed by atoms with Gasteiger partial charge in [-0.15, -0.1) is 0 Å². The number of nitrogens with two attached hydrogens (primary N) is 1. The predicted molar refractivity (Wildman–Crippen MR) is 107 cm³/mol. The van der Waals surface area contributed by atoms with Crippen LogP contribution in [0.4, 0.5) is 11.4 Å². The first-order valence-corrected chi connectivity index (χ1v) is 9.74. The van der Waals surface area contributed by atoms with Crippen molar-refractivity contribution in [2.45, 2.75) is 5.54 Å². The number of amides is 3. The molecule has 3 atom stereocenters. The number of hydrogen-bond acceptors (Lipinski definition) is 3. The number of fused-ring (bicyclic) bond motifs is 5. The summed E-state index contributed by atoms with van der Waals surface area (Å²) >= 11 is 0. The number of hydrogen-bond donors (Lipinski definition) is 2. The van der Waals surface area contributed by atoms with Gasteiger partial charge < -0.3 is 10.6 Å². The average Bonchev–Trinajstić information content (AvgIpc) is 3.35. The number of quaternary nitrogens is 1. The highest BCUT2D eigenvalue weighted by atomic mass is 16.2. The smallest absolute Gasteiger partial charge is 0.291 e. The van der Waals surface area contributed by atoms with Crippen LogP contribution < -0.4 is 15.5 Å². The van der Waals surface area contributed by atoms with E-state index in [-0.39, 0.29) is 17.7 Å². The quantitative estimate of drug-likeness (QED) is 0.622. The van der Waals surface area contributed by atoms with E-state index in [2.05, 4.69) is 5.32 Å². The van der Waals surface area contributed by atoms with Gasteiger partial charge in [-0.25, -0.2) is 4.90 Å². The molecule has 29 heavy (non-hydrogen) atoms. The zero-order valence-corrected chi connectivity index (χ0v) is 15.5. The maximum absolute atomic E-state index is 13.7. The van der Waals surface area contributed by atoms with Gasteiger partial charge in [0.2, 0.25) is 17.4 Å². The highest BCUT2D eigenvalue weighted by molar-refractivity contribution is 6.27. The fourth-order valence-electron chi connectivity index (χ4n) is 5.37. The van der Waals surface area contributed by atoms with Crippen LogP contribution in [0.3, 0.4) is 0 Å². The average molecular weight is 384 g/mol. The molecule has 6 rings (SSSR count). The third-order valence-corrected chi connectivity index (χ3v) is 6.61. The molecule has 6 nitrogen and oxygen atoms in total. The first-order valence-electron chi connectivity index (χ1n) is 9.74. The highest BCUT2D eigenvalue weighted by Crippen LogP contribution is 2.48. The van der Waals surface area contributed by atoms with E-state index in [4.69, 9.17) is 0 Å². The number of anilines is 2. The monoisotopic (exact) mass is 384 g/mol. The van der Waals surface area contributed by atoms with Crippen LogP contribution in [0.15, 0.2) is 66.7 Å². The molecule has 0 aromatic heterocycles. The number of imide groups is 1. The molecule has 0 radical (unpaired) electrons. The van der Waals surface area contributed by atoms with Crippen LogP contribution in [0.25, 0.3) is 10.8 Å². The first kappa shape index (κ1) is 16.4. The van der Waals surface area contributed by atoms with E-state index in [0.29, 0.717) is 12.2 Å². The Bertz CT molecular complexity index is 1230. The number of benzene rings is 3. The molecule has 3 amide bonds. The Hall–Kier alpha value is -3.51. The molecule has 3 aliphatic rings. The summed E-state index contributed by atoms with van der Waals surface area (Å²) in [5, 5.41) is 6.60. The van der Waals surface area contributed by atoms with Crippen molar-refractivity contribution in [1.29, 1.82) is 0 Å². The van der Waals surface area contributed by atoms with Crippen LogP contribution >= 0.6 is 0 Å². The lowest BCUT2D eigenvalue weighted by atomic mass is 9.77. The van der Waals surface area contributed by atoms with Gasteiger partial charge in [0.25, 0.3) is 5.91 Å². The number of carbonyl (C=O) groups is 3. The van der Waals surface area contributed by atoms with Gasteiger partial charge in [-0.2, -0.15) is 0 Å². The van der Waals surface area contributed by atoms with Crippen molar-refractivity contribution < 1.29 is 19.7 Å². The largest absolute Gasteiger partial charge is 0.328 e. The molecule has 2 saturated heterocycles. The van der Waals surface area contributed by atoms with Crippen molar-refractivity contribution in [2.24, 2.45) is 11.8 Å². The van der Waals surface area contributed by atoms with Gasteiger partial charge in [0.15, 0.2) is 0 Å². The molecular weight excluding hydrogens is 366 g/mol. The Kier molecular flexibility index (Phi) is 3.13. The maximum atomic E-state index is 13.7. The molecule has 0 bridgehead atoms. The second kappa shape index (κ2) is 5.52. The number of carbonyl (C=O) groups excluding carboxylic acids is 3. The topological polar surface area (TPSA) is 83.1 Å². The minimum absolute atomic E-state index is 0.216. The summed E-state index contributed by atoms with van der Waals surface area (Å²) in [6.45, 7) is 0.415. The van der Waals surface area contributed by atoms with Gasteiger partial charge in [-0.3, -0.25) is 14.4 Å². The molecule has 0 saturated carbocycles. The van der Waals surface area contributed by atoms with Crippen molar-refractivity contribution in [1.82, 2.24) is 0 Å². The summed E-state index contributed by atoms with van der Waals surface area (Å²) in [6, 6.07) is 20.8. The second-order valence-corrected chi connectivity index (χ2v) is 7.90. The Morgan fingerprint density at radius 2 is 1.66 bits per heavy atom. The third kappa shape index (κ3) is 1.91. The molecule has 3 aromatic rings. The minimum atomic E-state index is -1.08. The summed E-state index contributed by atoms with van der Waals surface area (Å²) in [6.07, 6.45) is 0. The van der Waals surface area contributed by atoms with Gasteiger partial charge in [0, 0.05) is 10.9 Å². The zero-order valence-electron chi connectivity index (χ0n) is 15.5. The molecule has 3 aromatic carbocycles. The summed E-state index contributed by atoms with van der Waals surface area (Å²) in [4.78, 5) is 41.4. The van der Waals surface area contributed by atoms with E-state index in [1.165, 1.54) is 4.90 Å². The van der Waals surface area contributed by atoms with Gasteiger partial charge >= 0.3 is 0 Å². The van der Waals surface area contributed by atoms with Crippen molar-refractivity contribution in [3.05, 3.63) is 72.3 Å². The maximum Gasteiger partial charge on any atom is 0.291 e. The third-order valence-electron chi connectivity index (χ3n) is 6.61. The number of nitrogens with one attached hydrogen (secondary N) is 1. The van der Waals surface area contributed by atoms with E-state index in [1.54, 1.807) is 6.07 Å². The van der Waals surface area contributed by atoms with Crippen LogP contribution in [0, 0.1) is 11.8 Å². The van der Waals surface area contributed by atoms with E-state index >= 15 is 0 Å². The molecule has 3 heterocycles. The van der Waals surface area contributed by atoms with Gasteiger partial charge in [0.1, 0.15) is 11.8 Å². The van der Waals surface area contributed by atoms with Gasteiger partial charge in [0.05, 0.1) is 17.9 Å². The predicted octanol–water partition coefficient (Wildman–Crippen LogP) is 1.37. The van der Waals surface area contributed by atoms with E-state index < -0.39 is 17.4 Å². The Labute approximate surface area is 166 Å². The lowest BCUT2D eigenvalue weighted by Crippen LogP contribution is -2.95. The Morgan fingerprint density at radius 1 is 0.897 bits per heavy atom. The lowest BCUT2D eigenvalue weighted by molar-refractivity contribution is -0.703. The van der Waals surface area contributed by atoms with Gasteiger partial charge in [-0.1, -0.05) is 54.6 Å². The van der Waals surface area contributed by atoms with Crippen molar-refractivity contribution in [3.63, 3.8) is 0 Å². The summed E-state index contributed by atoms with van der Waals surface area (Å²) < 4.78 is 0. The summed E-state index contributed by atoms with van der Waals surface area (Å²) in [7, 11) is 0. The molecule has 0 unspecified atom stereocenters. The van der Waals surface area contributed by atoms with Crippen LogP contribution in [0.1, 0.15) is 5.56 Å². The van der Waals surface area contributed by atoms with Gasteiger partial charge in [-0.05, 0) is 17.5 Å². The van der Waals surface area contributed by atoms with Crippen LogP contribution in [0.2, 0.25) is 0 Å². The number of nitrogens with zero attached hydrogens (tertiary/aromatic N) is 1. The molecule has 6 heteroatoms. The SMILES string of the molecule is O=C1[C@H]2C[NH2+][C@@]3(C(=O)Nc4ccccc43)[C@H]2C(=O)N1c1cccc2ccccc12. The van der Waals surface area contributed by atoms with E-state index in [1.807, 2.05) is 66.0 Å². The lowest BCUT2D eigenvalue weighted by Gasteiger charge is -2.25. The van der Waals surface area contributed by atoms with Crippen molar-refractivity contribution in [2.75, 3.05) is 16.8 Å². The molecule has 3 N–H and O–H groups in total. The van der Waals surface area contributed by atoms with Crippen LogP contribution in [0.5, 0.6) is 0 Å². The van der Waals surface area contributed by atoms with Crippen molar-refractivity contribution >= 4 is 39.9 Å². The minimum Gasteiger partial charge on any atom is -0.328 e. The molecule has 2 fully saturated rings. The number of rotatable bonds is 1. The normalized spacial score (nSPS) is 27.6. The van der Waals surface area contributed by atoms with Crippen LogP contribution in [-0.4, -0.2) is 24.3 Å². The zero-order chi connectivity index (χ0) is 19.8. The molecule has 1 spiro atoms. The standard InChI is InChI=1S/C23H17N3O3/c27-20-15-12-24-23(16-9-3-4-10-17(16)25-22(23)29)19(15)21(28)26(20)18-11-5-7-13-6-1-2-8-14(13)18/h1-11,15,19,24H,12H2,(H,25,29)/p+1/t15-,19+,23+/m0/s1. The molecule has 3 aliphatic heterocycles.